The number of alkyl halides is 3. The Morgan fingerprint density at radius 2 is 1.77 bits per heavy atom. The fraction of sp³-hybridized carbons (Fsp3) is 0.583. The molecule has 3 saturated carbocycles. The number of aromatic nitrogens is 6. The van der Waals surface area contributed by atoms with Crippen molar-refractivity contribution in [3.8, 4) is 11.3 Å². The van der Waals surface area contributed by atoms with Crippen molar-refractivity contribution in [2.45, 2.75) is 67.9 Å². The fourth-order valence-corrected chi connectivity index (χ4v) is 6.31. The van der Waals surface area contributed by atoms with Gasteiger partial charge in [-0.2, -0.15) is 13.2 Å². The van der Waals surface area contributed by atoms with Crippen LogP contribution in [-0.2, 0) is 21.4 Å². The number of hydrogen-bond acceptors (Lipinski definition) is 8. The first-order valence-electron chi connectivity index (χ1n) is 12.4. The first kappa shape index (κ1) is 27.1. The number of aliphatic hydroxyl groups is 2. The molecule has 4 aliphatic rings. The van der Waals surface area contributed by atoms with Crippen molar-refractivity contribution in [2.75, 3.05) is 13.7 Å². The van der Waals surface area contributed by atoms with Gasteiger partial charge in [0, 0.05) is 25.3 Å². The summed E-state index contributed by atoms with van der Waals surface area (Å²) in [6.07, 6.45) is -5.80. The van der Waals surface area contributed by atoms with E-state index in [1.807, 2.05) is 0 Å². The highest BCUT2D eigenvalue weighted by atomic mass is 19.4. The van der Waals surface area contributed by atoms with Crippen LogP contribution in [0.3, 0.4) is 0 Å². The van der Waals surface area contributed by atoms with Crippen LogP contribution >= 0.6 is 0 Å². The Morgan fingerprint density at radius 1 is 1.05 bits per heavy atom. The third-order valence-corrected chi connectivity index (χ3v) is 8.40. The maximum absolute atomic E-state index is 14.3. The van der Waals surface area contributed by atoms with Crippen molar-refractivity contribution in [1.82, 2.24) is 30.0 Å². The lowest BCUT2D eigenvalue weighted by molar-refractivity contribution is -0.356. The van der Waals surface area contributed by atoms with Gasteiger partial charge in [0.2, 0.25) is 0 Å². The lowest BCUT2D eigenvalue weighted by atomic mass is 9.39. The van der Waals surface area contributed by atoms with Crippen molar-refractivity contribution in [1.29, 1.82) is 0 Å². The Bertz CT molecular complexity index is 1410. The van der Waals surface area contributed by atoms with Crippen LogP contribution < -0.4 is 0 Å². The van der Waals surface area contributed by atoms with Gasteiger partial charge in [0.25, 0.3) is 0 Å². The van der Waals surface area contributed by atoms with Crippen molar-refractivity contribution in [3.63, 3.8) is 0 Å². The molecular formula is C24H24F6N6O4. The van der Waals surface area contributed by atoms with E-state index in [1.165, 1.54) is 22.7 Å². The van der Waals surface area contributed by atoms with Crippen LogP contribution in [0, 0.1) is 22.9 Å². The number of benzene rings is 1. The van der Waals surface area contributed by atoms with E-state index in [-0.39, 0.29) is 36.9 Å². The van der Waals surface area contributed by atoms with Crippen molar-refractivity contribution in [3.05, 3.63) is 47.7 Å². The normalized spacial score (nSPS) is 33.5. The quantitative estimate of drug-likeness (QED) is 0.326. The molecule has 216 valence electrons. The van der Waals surface area contributed by atoms with Crippen molar-refractivity contribution >= 4 is 0 Å². The molecule has 3 heterocycles. The minimum absolute atomic E-state index is 0.0546. The van der Waals surface area contributed by atoms with Crippen LogP contribution in [0.4, 0.5) is 26.3 Å². The SMILES string of the molecule is CO[C@@H]1[C@@H](n2cc(-c3ccc(F)c(F)c3F)nn2)[C@@H](O)[C@@H](CO)O[C@@H]1Cc1cn(C23CC(C(F)(F)F)(C2)C3)nn1. The lowest BCUT2D eigenvalue weighted by Crippen LogP contribution is -2.73. The summed E-state index contributed by atoms with van der Waals surface area (Å²) in [5.41, 5.74) is -2.46. The molecule has 7 rings (SSSR count). The van der Waals surface area contributed by atoms with E-state index in [2.05, 4.69) is 20.6 Å². The summed E-state index contributed by atoms with van der Waals surface area (Å²) in [5, 5.41) is 36.8. The standard InChI is InChI=1S/C24H24F6N6O4/c1-39-21-15(4-11-5-36(34-31-11)23-8-22(9-23,10-23)24(28,29)30)40-16(7-37)20(38)19(21)35-6-14(32-33-35)12-2-3-13(25)18(27)17(12)26/h2-3,5-6,15-16,19-21,37-38H,4,7-10H2,1H3/t15-,16-,19+,20+,21+,22?,23?/m1/s1. The predicted molar refractivity (Wildman–Crippen MR) is 121 cm³/mol. The van der Waals surface area contributed by atoms with Gasteiger partial charge >= 0.3 is 6.18 Å². The number of nitrogens with zero attached hydrogens (tertiary/aromatic N) is 6. The first-order chi connectivity index (χ1) is 18.9. The number of aliphatic hydroxyl groups excluding tert-OH is 2. The van der Waals surface area contributed by atoms with E-state index in [9.17, 15) is 36.6 Å². The number of methoxy groups -OCH3 is 1. The second kappa shape index (κ2) is 9.22. The predicted octanol–water partition coefficient (Wildman–Crippen LogP) is 2.31. The average Bonchev–Trinajstić information content (AvgIpc) is 3.51. The highest BCUT2D eigenvalue weighted by molar-refractivity contribution is 5.58. The Hall–Kier alpha value is -3.08. The van der Waals surface area contributed by atoms with E-state index in [0.29, 0.717) is 5.69 Å². The zero-order valence-corrected chi connectivity index (χ0v) is 20.9. The molecule has 4 fully saturated rings. The summed E-state index contributed by atoms with van der Waals surface area (Å²) in [7, 11) is 1.35. The molecule has 3 aromatic rings. The Morgan fingerprint density at radius 3 is 2.42 bits per heavy atom. The van der Waals surface area contributed by atoms with Crippen molar-refractivity contribution < 1.29 is 46.0 Å². The summed E-state index contributed by atoms with van der Waals surface area (Å²) in [6.45, 7) is -0.584. The van der Waals surface area contributed by atoms with Crippen LogP contribution in [0.2, 0.25) is 0 Å². The minimum atomic E-state index is -4.26. The summed E-state index contributed by atoms with van der Waals surface area (Å²) in [6, 6.07) is 0.728. The van der Waals surface area contributed by atoms with Gasteiger partial charge in [-0.1, -0.05) is 10.4 Å². The largest absolute Gasteiger partial charge is 0.394 e. The molecule has 0 amide bonds. The monoisotopic (exact) mass is 574 g/mol. The molecule has 0 spiro atoms. The second-order valence-corrected chi connectivity index (χ2v) is 10.8. The van der Waals surface area contributed by atoms with Crippen LogP contribution in [0.1, 0.15) is 31.0 Å². The molecule has 2 aromatic heterocycles. The first-order valence-corrected chi connectivity index (χ1v) is 12.4. The maximum Gasteiger partial charge on any atom is 0.394 e. The molecule has 3 aliphatic carbocycles. The second-order valence-electron chi connectivity index (χ2n) is 10.8. The molecule has 2 bridgehead atoms. The topological polar surface area (TPSA) is 120 Å². The number of halogens is 6. The van der Waals surface area contributed by atoms with E-state index in [0.717, 1.165) is 12.1 Å². The van der Waals surface area contributed by atoms with E-state index in [4.69, 9.17) is 9.47 Å². The van der Waals surface area contributed by atoms with Crippen molar-refractivity contribution in [2.24, 2.45) is 5.41 Å². The molecule has 1 aromatic carbocycles. The van der Waals surface area contributed by atoms with Gasteiger partial charge in [0.05, 0.1) is 35.6 Å². The molecule has 2 N–H and O–H groups in total. The van der Waals surface area contributed by atoms with E-state index >= 15 is 0 Å². The van der Waals surface area contributed by atoms with E-state index in [1.54, 1.807) is 6.20 Å². The number of rotatable bonds is 7. The molecule has 0 unspecified atom stereocenters. The summed E-state index contributed by atoms with van der Waals surface area (Å²) in [4.78, 5) is 0. The van der Waals surface area contributed by atoms with Crippen LogP contribution in [0.25, 0.3) is 11.3 Å². The molecule has 5 atom stereocenters. The Balaban J connectivity index is 1.23. The third kappa shape index (κ3) is 3.94. The highest BCUT2D eigenvalue weighted by Crippen LogP contribution is 2.76. The van der Waals surface area contributed by atoms with Crippen LogP contribution in [0.5, 0.6) is 0 Å². The van der Waals surface area contributed by atoms with Gasteiger partial charge in [-0.15, -0.1) is 10.2 Å². The van der Waals surface area contributed by atoms with Gasteiger partial charge in [-0.25, -0.2) is 22.5 Å². The molecule has 40 heavy (non-hydrogen) atoms. The average molecular weight is 574 g/mol. The molecule has 0 radical (unpaired) electrons. The molecule has 16 heteroatoms. The van der Waals surface area contributed by atoms with Gasteiger partial charge < -0.3 is 19.7 Å². The maximum atomic E-state index is 14.3. The van der Waals surface area contributed by atoms with Gasteiger partial charge in [0.1, 0.15) is 30.0 Å². The molecule has 10 nitrogen and oxygen atoms in total. The Kier molecular flexibility index (Phi) is 6.25. The summed E-state index contributed by atoms with van der Waals surface area (Å²) in [5.74, 6) is -4.50. The van der Waals surface area contributed by atoms with Crippen LogP contribution in [0.15, 0.2) is 24.5 Å². The molecular weight excluding hydrogens is 550 g/mol. The smallest absolute Gasteiger partial charge is 0.394 e. The van der Waals surface area contributed by atoms with Gasteiger partial charge in [-0.05, 0) is 31.4 Å². The zero-order chi connectivity index (χ0) is 28.6. The van der Waals surface area contributed by atoms with E-state index < -0.39 is 71.6 Å². The zero-order valence-electron chi connectivity index (χ0n) is 20.9. The van der Waals surface area contributed by atoms with Crippen LogP contribution in [-0.4, -0.2) is 84.5 Å². The summed E-state index contributed by atoms with van der Waals surface area (Å²) >= 11 is 0. The highest BCUT2D eigenvalue weighted by Gasteiger charge is 2.79. The van der Waals surface area contributed by atoms with Gasteiger partial charge in [-0.3, -0.25) is 0 Å². The fourth-order valence-electron chi connectivity index (χ4n) is 6.31. The third-order valence-electron chi connectivity index (χ3n) is 8.40. The molecule has 1 saturated heterocycles. The lowest BCUT2D eigenvalue weighted by Gasteiger charge is -2.69. The minimum Gasteiger partial charge on any atom is -0.394 e. The summed E-state index contributed by atoms with van der Waals surface area (Å²) < 4.78 is 95.4. The molecule has 1 aliphatic heterocycles. The number of ether oxygens (including phenoxy) is 2. The Labute approximate surface area is 222 Å². The van der Waals surface area contributed by atoms with Gasteiger partial charge in [0.15, 0.2) is 17.5 Å². The number of hydrogen-bond donors (Lipinski definition) is 2.